The molecular weight excluding hydrogens is 222 g/mol. The van der Waals surface area contributed by atoms with Gasteiger partial charge in [-0.3, -0.25) is 0 Å². The SMILES string of the molecule is COCCO[SiH2]CCCNCCNCCN. The summed E-state index contributed by atoms with van der Waals surface area (Å²) in [6.45, 7) is 6.21. The maximum Gasteiger partial charge on any atom is 0.161 e. The molecule has 0 fully saturated rings. The maximum atomic E-state index is 5.49. The van der Waals surface area contributed by atoms with Crippen LogP contribution in [-0.4, -0.2) is 62.8 Å². The molecule has 0 radical (unpaired) electrons. The predicted octanol–water partition coefficient (Wildman–Crippen LogP) is -1.32. The summed E-state index contributed by atoms with van der Waals surface area (Å²) in [7, 11) is 1.39. The molecule has 0 amide bonds. The first-order chi connectivity index (χ1) is 7.91. The third-order valence-corrected chi connectivity index (χ3v) is 3.49. The average Bonchev–Trinajstić information content (AvgIpc) is 2.31. The van der Waals surface area contributed by atoms with E-state index in [4.69, 9.17) is 14.9 Å². The van der Waals surface area contributed by atoms with Gasteiger partial charge < -0.3 is 25.5 Å². The fourth-order valence-corrected chi connectivity index (χ4v) is 2.21. The van der Waals surface area contributed by atoms with Crippen molar-refractivity contribution in [3.05, 3.63) is 0 Å². The average molecular weight is 249 g/mol. The molecule has 16 heavy (non-hydrogen) atoms. The molecule has 0 aliphatic heterocycles. The van der Waals surface area contributed by atoms with Gasteiger partial charge in [0.1, 0.15) is 0 Å². The highest BCUT2D eigenvalue weighted by atomic mass is 28.2. The van der Waals surface area contributed by atoms with Crippen LogP contribution in [0.5, 0.6) is 0 Å². The minimum Gasteiger partial charge on any atom is -0.422 e. The number of rotatable bonds is 13. The number of nitrogens with one attached hydrogen (secondary N) is 2. The number of hydrogen-bond donors (Lipinski definition) is 3. The third kappa shape index (κ3) is 14.0. The molecule has 0 atom stereocenters. The maximum absolute atomic E-state index is 5.49. The summed E-state index contributed by atoms with van der Waals surface area (Å²) in [5, 5.41) is 6.63. The molecule has 98 valence electrons. The minimum atomic E-state index is -0.309. The minimum absolute atomic E-state index is 0.309. The zero-order valence-corrected chi connectivity index (χ0v) is 11.9. The van der Waals surface area contributed by atoms with Crippen molar-refractivity contribution >= 4 is 9.76 Å². The first-order valence-electron chi connectivity index (χ1n) is 6.10. The van der Waals surface area contributed by atoms with E-state index in [1.807, 2.05) is 0 Å². The van der Waals surface area contributed by atoms with Crippen molar-refractivity contribution in [1.29, 1.82) is 0 Å². The summed E-state index contributed by atoms with van der Waals surface area (Å²) in [5.41, 5.74) is 5.36. The van der Waals surface area contributed by atoms with Gasteiger partial charge in [-0.2, -0.15) is 0 Å². The summed E-state index contributed by atoms with van der Waals surface area (Å²) in [6, 6.07) is 1.24. The van der Waals surface area contributed by atoms with Crippen molar-refractivity contribution in [3.8, 4) is 0 Å². The van der Waals surface area contributed by atoms with Crippen molar-refractivity contribution in [2.75, 3.05) is 53.0 Å². The van der Waals surface area contributed by atoms with E-state index in [-0.39, 0.29) is 9.76 Å². The fourth-order valence-electron chi connectivity index (χ4n) is 1.23. The molecule has 0 aliphatic carbocycles. The first kappa shape index (κ1) is 16.0. The van der Waals surface area contributed by atoms with Gasteiger partial charge in [0.15, 0.2) is 9.76 Å². The quantitative estimate of drug-likeness (QED) is 0.279. The lowest BCUT2D eigenvalue weighted by atomic mass is 10.4. The van der Waals surface area contributed by atoms with Crippen LogP contribution in [0.4, 0.5) is 0 Å². The molecule has 0 aromatic carbocycles. The van der Waals surface area contributed by atoms with E-state index in [0.29, 0.717) is 6.54 Å². The van der Waals surface area contributed by atoms with Gasteiger partial charge in [-0.15, -0.1) is 0 Å². The van der Waals surface area contributed by atoms with E-state index in [0.717, 1.165) is 39.4 Å². The van der Waals surface area contributed by atoms with Crippen LogP contribution in [0.15, 0.2) is 0 Å². The zero-order valence-electron chi connectivity index (χ0n) is 10.5. The van der Waals surface area contributed by atoms with Gasteiger partial charge >= 0.3 is 0 Å². The Balaban J connectivity index is 2.83. The standard InChI is InChI=1S/C10H27N3O2Si/c1-14-8-9-15-16-10-2-4-12-6-7-13-5-3-11/h12-13H,2-11,16H2,1H3. The highest BCUT2D eigenvalue weighted by Gasteiger charge is 1.91. The molecular formula is C10H27N3O2Si. The monoisotopic (exact) mass is 249 g/mol. The Labute approximate surface area is 101 Å². The van der Waals surface area contributed by atoms with Crippen LogP contribution in [0.2, 0.25) is 6.04 Å². The van der Waals surface area contributed by atoms with Gasteiger partial charge in [0.05, 0.1) is 13.2 Å². The molecule has 0 spiro atoms. The van der Waals surface area contributed by atoms with Gasteiger partial charge in [-0.05, 0) is 19.0 Å². The van der Waals surface area contributed by atoms with Crippen LogP contribution in [0.25, 0.3) is 0 Å². The zero-order chi connectivity index (χ0) is 11.9. The Bertz CT molecular complexity index is 117. The lowest BCUT2D eigenvalue weighted by molar-refractivity contribution is 0.149. The summed E-state index contributed by atoms with van der Waals surface area (Å²) in [5.74, 6) is 0. The van der Waals surface area contributed by atoms with E-state index < -0.39 is 0 Å². The molecule has 0 saturated heterocycles. The van der Waals surface area contributed by atoms with Crippen LogP contribution in [0.1, 0.15) is 6.42 Å². The smallest absolute Gasteiger partial charge is 0.161 e. The molecule has 0 heterocycles. The summed E-state index contributed by atoms with van der Waals surface area (Å²) < 4.78 is 10.4. The molecule has 0 rings (SSSR count). The topological polar surface area (TPSA) is 68.5 Å². The van der Waals surface area contributed by atoms with Crippen molar-refractivity contribution in [2.24, 2.45) is 5.73 Å². The van der Waals surface area contributed by atoms with Crippen LogP contribution >= 0.6 is 0 Å². The van der Waals surface area contributed by atoms with Crippen molar-refractivity contribution in [1.82, 2.24) is 10.6 Å². The highest BCUT2D eigenvalue weighted by Crippen LogP contribution is 1.87. The predicted molar refractivity (Wildman–Crippen MR) is 70.6 cm³/mol. The van der Waals surface area contributed by atoms with Gasteiger partial charge in [0, 0.05) is 33.3 Å². The molecule has 5 nitrogen and oxygen atoms in total. The van der Waals surface area contributed by atoms with E-state index >= 15 is 0 Å². The summed E-state index contributed by atoms with van der Waals surface area (Å²) in [4.78, 5) is 0. The number of nitrogens with two attached hydrogens (primary N) is 1. The summed E-state index contributed by atoms with van der Waals surface area (Å²) in [6.07, 6.45) is 1.22. The number of hydrogen-bond acceptors (Lipinski definition) is 5. The van der Waals surface area contributed by atoms with Crippen molar-refractivity contribution < 1.29 is 9.16 Å². The number of ether oxygens (including phenoxy) is 1. The molecule has 6 heteroatoms. The Morgan fingerprint density at radius 2 is 1.81 bits per heavy atom. The van der Waals surface area contributed by atoms with Crippen molar-refractivity contribution in [2.45, 2.75) is 12.5 Å². The molecule has 0 aliphatic rings. The molecule has 0 unspecified atom stereocenters. The van der Waals surface area contributed by atoms with Gasteiger partial charge in [0.2, 0.25) is 0 Å². The number of methoxy groups -OCH3 is 1. The highest BCUT2D eigenvalue weighted by molar-refractivity contribution is 6.26. The van der Waals surface area contributed by atoms with E-state index in [9.17, 15) is 0 Å². The van der Waals surface area contributed by atoms with E-state index in [1.54, 1.807) is 7.11 Å². The molecule has 4 N–H and O–H groups in total. The molecule has 0 aromatic heterocycles. The fraction of sp³-hybridized carbons (Fsp3) is 1.00. The molecule has 0 aromatic rings. The second-order valence-electron chi connectivity index (χ2n) is 3.60. The third-order valence-electron chi connectivity index (χ3n) is 2.12. The normalized spacial score (nSPS) is 11.6. The van der Waals surface area contributed by atoms with Crippen LogP contribution in [0, 0.1) is 0 Å². The van der Waals surface area contributed by atoms with E-state index in [2.05, 4.69) is 10.6 Å². The molecule has 0 saturated carbocycles. The van der Waals surface area contributed by atoms with Gasteiger partial charge in [-0.25, -0.2) is 0 Å². The van der Waals surface area contributed by atoms with Crippen molar-refractivity contribution in [3.63, 3.8) is 0 Å². The second-order valence-corrected chi connectivity index (χ2v) is 5.12. The van der Waals surface area contributed by atoms with Crippen LogP contribution in [-0.2, 0) is 9.16 Å². The Kier molecular flexibility index (Phi) is 15.0. The largest absolute Gasteiger partial charge is 0.422 e. The Morgan fingerprint density at radius 1 is 1.06 bits per heavy atom. The summed E-state index contributed by atoms with van der Waals surface area (Å²) >= 11 is 0. The lowest BCUT2D eigenvalue weighted by Crippen LogP contribution is -2.31. The van der Waals surface area contributed by atoms with Crippen LogP contribution < -0.4 is 16.4 Å². The Morgan fingerprint density at radius 3 is 2.50 bits per heavy atom. The lowest BCUT2D eigenvalue weighted by Gasteiger charge is -2.06. The second kappa shape index (κ2) is 15.0. The van der Waals surface area contributed by atoms with E-state index in [1.165, 1.54) is 12.5 Å². The van der Waals surface area contributed by atoms with Crippen LogP contribution in [0.3, 0.4) is 0 Å². The van der Waals surface area contributed by atoms with Gasteiger partial charge in [-0.1, -0.05) is 0 Å². The first-order valence-corrected chi connectivity index (χ1v) is 7.67. The Hall–Kier alpha value is 0.0169. The molecule has 0 bridgehead atoms. The van der Waals surface area contributed by atoms with Gasteiger partial charge in [0.25, 0.3) is 0 Å².